The van der Waals surface area contributed by atoms with E-state index >= 15 is 0 Å². The van der Waals surface area contributed by atoms with Crippen LogP contribution in [0.3, 0.4) is 0 Å². The highest BCUT2D eigenvalue weighted by Crippen LogP contribution is 2.46. The molecule has 6 nitrogen and oxygen atoms in total. The molecule has 2 atom stereocenters. The molecule has 0 radical (unpaired) electrons. The Balaban J connectivity index is 1.38. The lowest BCUT2D eigenvalue weighted by Gasteiger charge is -2.31. The molecule has 0 bridgehead atoms. The summed E-state index contributed by atoms with van der Waals surface area (Å²) in [7, 11) is 0. The Labute approximate surface area is 134 Å². The van der Waals surface area contributed by atoms with Gasteiger partial charge in [-0.25, -0.2) is 0 Å². The predicted octanol–water partition coefficient (Wildman–Crippen LogP) is 0.991. The van der Waals surface area contributed by atoms with Crippen LogP contribution in [-0.4, -0.2) is 60.4 Å². The molecule has 4 aliphatic heterocycles. The van der Waals surface area contributed by atoms with Crippen molar-refractivity contribution in [3.8, 4) is 11.5 Å². The second kappa shape index (κ2) is 4.85. The number of hydrogen-bond acceptors (Lipinski definition) is 5. The van der Waals surface area contributed by atoms with Crippen LogP contribution in [0.15, 0.2) is 18.2 Å². The van der Waals surface area contributed by atoms with E-state index in [2.05, 4.69) is 17.0 Å². The Hall–Kier alpha value is -1.79. The summed E-state index contributed by atoms with van der Waals surface area (Å²) in [4.78, 5) is 16.6. The van der Waals surface area contributed by atoms with E-state index in [0.29, 0.717) is 26.2 Å². The molecule has 5 rings (SSSR count). The number of nitrogens with zero attached hydrogens (tertiary/aromatic N) is 2. The Bertz CT molecular complexity index is 664. The maximum Gasteiger partial charge on any atom is 0.226 e. The van der Waals surface area contributed by atoms with Gasteiger partial charge in [0.25, 0.3) is 0 Å². The third-order valence-corrected chi connectivity index (χ3v) is 5.50. The van der Waals surface area contributed by atoms with Crippen LogP contribution in [-0.2, 0) is 16.1 Å². The molecule has 0 unspecified atom stereocenters. The van der Waals surface area contributed by atoms with Crippen molar-refractivity contribution in [3.05, 3.63) is 23.8 Å². The second-order valence-electron chi connectivity index (χ2n) is 6.66. The highest BCUT2D eigenvalue weighted by Gasteiger charge is 2.61. The molecule has 0 aliphatic carbocycles. The topological polar surface area (TPSA) is 51.2 Å². The first-order valence-corrected chi connectivity index (χ1v) is 8.33. The summed E-state index contributed by atoms with van der Waals surface area (Å²) >= 11 is 0. The quantitative estimate of drug-likeness (QED) is 0.814. The van der Waals surface area contributed by atoms with Gasteiger partial charge in [0.1, 0.15) is 13.2 Å². The van der Waals surface area contributed by atoms with E-state index in [1.807, 2.05) is 11.0 Å². The summed E-state index contributed by atoms with van der Waals surface area (Å²) in [6, 6.07) is 6.30. The fraction of sp³-hybridized carbons (Fsp3) is 0.588. The summed E-state index contributed by atoms with van der Waals surface area (Å²) < 4.78 is 17.3. The maximum atomic E-state index is 12.2. The van der Waals surface area contributed by atoms with Gasteiger partial charge in [0.15, 0.2) is 17.2 Å². The lowest BCUT2D eigenvalue weighted by molar-refractivity contribution is -0.136. The van der Waals surface area contributed by atoms with E-state index in [-0.39, 0.29) is 17.7 Å². The minimum Gasteiger partial charge on any atom is -0.486 e. The monoisotopic (exact) mass is 316 g/mol. The van der Waals surface area contributed by atoms with Gasteiger partial charge in [-0.2, -0.15) is 0 Å². The molecule has 0 saturated carbocycles. The summed E-state index contributed by atoms with van der Waals surface area (Å²) in [6.45, 7) is 4.39. The lowest BCUT2D eigenvalue weighted by atomic mass is 10.1. The molecule has 4 aliphatic rings. The molecular formula is C17H20N2O4. The van der Waals surface area contributed by atoms with Gasteiger partial charge in [-0.15, -0.1) is 0 Å². The number of ether oxygens (including phenoxy) is 3. The number of amides is 1. The van der Waals surface area contributed by atoms with E-state index in [4.69, 9.17) is 14.2 Å². The smallest absolute Gasteiger partial charge is 0.226 e. The van der Waals surface area contributed by atoms with E-state index in [0.717, 1.165) is 37.6 Å². The molecule has 1 spiro atoms. The van der Waals surface area contributed by atoms with E-state index in [1.54, 1.807) is 0 Å². The average Bonchev–Trinajstić information content (AvgIpc) is 3.20. The van der Waals surface area contributed by atoms with Crippen molar-refractivity contribution in [2.24, 2.45) is 0 Å². The third kappa shape index (κ3) is 1.91. The average molecular weight is 316 g/mol. The molecule has 122 valence electrons. The molecule has 6 heteroatoms. The van der Waals surface area contributed by atoms with Crippen molar-refractivity contribution in [2.75, 3.05) is 32.9 Å². The number of hydrogen-bond donors (Lipinski definition) is 0. The number of likely N-dealkylation sites (tertiary alicyclic amines) is 1. The first-order valence-electron chi connectivity index (χ1n) is 8.33. The largest absolute Gasteiger partial charge is 0.486 e. The number of carbonyl (C=O) groups is 1. The normalized spacial score (nSPS) is 32.3. The first kappa shape index (κ1) is 13.6. The number of rotatable bonds is 2. The molecule has 3 fully saturated rings. The summed E-state index contributed by atoms with van der Waals surface area (Å²) in [5, 5.41) is 0. The Morgan fingerprint density at radius 1 is 1.13 bits per heavy atom. The van der Waals surface area contributed by atoms with E-state index < -0.39 is 0 Å². The molecule has 3 saturated heterocycles. The van der Waals surface area contributed by atoms with Crippen LogP contribution in [0.4, 0.5) is 0 Å². The first-order chi connectivity index (χ1) is 11.3. The molecule has 23 heavy (non-hydrogen) atoms. The molecule has 0 aromatic heterocycles. The van der Waals surface area contributed by atoms with Crippen LogP contribution in [0, 0.1) is 0 Å². The third-order valence-electron chi connectivity index (χ3n) is 5.50. The molecule has 0 N–H and O–H groups in total. The molecule has 1 aromatic carbocycles. The van der Waals surface area contributed by atoms with Gasteiger partial charge in [-0.1, -0.05) is 6.07 Å². The Kier molecular flexibility index (Phi) is 2.87. The Morgan fingerprint density at radius 3 is 2.91 bits per heavy atom. The van der Waals surface area contributed by atoms with Crippen molar-refractivity contribution in [3.63, 3.8) is 0 Å². The van der Waals surface area contributed by atoms with Gasteiger partial charge in [0.05, 0.1) is 12.6 Å². The summed E-state index contributed by atoms with van der Waals surface area (Å²) in [5.74, 6) is 1.88. The minimum atomic E-state index is -0.356. The highest BCUT2D eigenvalue weighted by atomic mass is 16.6. The van der Waals surface area contributed by atoms with Crippen LogP contribution < -0.4 is 9.47 Å². The van der Waals surface area contributed by atoms with Crippen molar-refractivity contribution < 1.29 is 19.0 Å². The number of fused-ring (bicyclic) bond motifs is 1. The van der Waals surface area contributed by atoms with E-state index in [1.165, 1.54) is 5.56 Å². The molecule has 4 heterocycles. The summed E-state index contributed by atoms with van der Waals surface area (Å²) in [5.41, 5.74) is 0.834. The van der Waals surface area contributed by atoms with Gasteiger partial charge in [0.2, 0.25) is 5.91 Å². The maximum absolute atomic E-state index is 12.2. The molecule has 1 aromatic rings. The standard InChI is InChI=1S/C17H20N2O4/c20-16-10-15-17(19(16)5-6-23-17)3-4-18(15)11-12-1-2-13-14(9-12)22-8-7-21-13/h1-2,9,15H,3-8,10-11H2/t15-,17+/m1/s1. The van der Waals surface area contributed by atoms with Crippen molar-refractivity contribution >= 4 is 5.91 Å². The zero-order valence-corrected chi connectivity index (χ0v) is 13.0. The fourth-order valence-electron chi connectivity index (χ4n) is 4.49. The van der Waals surface area contributed by atoms with Crippen molar-refractivity contribution in [1.82, 2.24) is 9.80 Å². The van der Waals surface area contributed by atoms with Gasteiger partial charge in [-0.05, 0) is 17.7 Å². The van der Waals surface area contributed by atoms with Gasteiger partial charge >= 0.3 is 0 Å². The van der Waals surface area contributed by atoms with Crippen LogP contribution in [0.1, 0.15) is 18.4 Å². The lowest BCUT2D eigenvalue weighted by Crippen LogP contribution is -2.47. The van der Waals surface area contributed by atoms with Crippen LogP contribution >= 0.6 is 0 Å². The zero-order valence-electron chi connectivity index (χ0n) is 13.0. The van der Waals surface area contributed by atoms with Gasteiger partial charge in [-0.3, -0.25) is 9.69 Å². The van der Waals surface area contributed by atoms with Crippen molar-refractivity contribution in [2.45, 2.75) is 31.2 Å². The van der Waals surface area contributed by atoms with Crippen LogP contribution in [0.2, 0.25) is 0 Å². The second-order valence-corrected chi connectivity index (χ2v) is 6.66. The fourth-order valence-corrected chi connectivity index (χ4v) is 4.49. The Morgan fingerprint density at radius 2 is 2.00 bits per heavy atom. The van der Waals surface area contributed by atoms with Gasteiger partial charge < -0.3 is 19.1 Å². The van der Waals surface area contributed by atoms with Gasteiger partial charge in [0, 0.05) is 32.5 Å². The number of carbonyl (C=O) groups excluding carboxylic acids is 1. The van der Waals surface area contributed by atoms with Crippen LogP contribution in [0.5, 0.6) is 11.5 Å². The number of benzene rings is 1. The van der Waals surface area contributed by atoms with E-state index in [9.17, 15) is 4.79 Å². The highest BCUT2D eigenvalue weighted by molar-refractivity contribution is 5.81. The SMILES string of the molecule is O=C1C[C@H]2N(Cc3ccc4c(c3)OCCO4)CC[C@]23OCCN13. The van der Waals surface area contributed by atoms with Crippen LogP contribution in [0.25, 0.3) is 0 Å². The zero-order chi connectivity index (χ0) is 15.4. The van der Waals surface area contributed by atoms with Crippen molar-refractivity contribution in [1.29, 1.82) is 0 Å². The minimum absolute atomic E-state index is 0.172. The summed E-state index contributed by atoms with van der Waals surface area (Å²) in [6.07, 6.45) is 1.48. The molecular weight excluding hydrogens is 296 g/mol. The molecule has 1 amide bonds. The predicted molar refractivity (Wildman–Crippen MR) is 81.3 cm³/mol.